The fourth-order valence-electron chi connectivity index (χ4n) is 1.26. The fraction of sp³-hybridized carbons (Fsp3) is 0.600. The molecule has 1 rings (SSSR count). The standard InChI is InChI=1S/C10H17N3O/c1-4-8(2)6-13(3)9-5-10(14)12-7-11-9/h5,7-8H,4,6H2,1-3H3,(H,11,12,14). The highest BCUT2D eigenvalue weighted by Crippen LogP contribution is 2.08. The van der Waals surface area contributed by atoms with E-state index in [4.69, 9.17) is 0 Å². The Morgan fingerprint density at radius 3 is 2.93 bits per heavy atom. The van der Waals surface area contributed by atoms with Crippen molar-refractivity contribution < 1.29 is 0 Å². The molecular formula is C10H17N3O. The SMILES string of the molecule is CCC(C)CN(C)c1cc(=O)[nH]cn1. The summed E-state index contributed by atoms with van der Waals surface area (Å²) in [4.78, 5) is 19.6. The van der Waals surface area contributed by atoms with Gasteiger partial charge in [0.05, 0.1) is 6.33 Å². The molecule has 78 valence electrons. The largest absolute Gasteiger partial charge is 0.359 e. The minimum absolute atomic E-state index is 0.106. The van der Waals surface area contributed by atoms with Gasteiger partial charge in [0, 0.05) is 19.7 Å². The van der Waals surface area contributed by atoms with Crippen LogP contribution < -0.4 is 10.5 Å². The molecule has 1 aromatic heterocycles. The first kappa shape index (κ1) is 10.8. The Hall–Kier alpha value is -1.32. The number of aromatic nitrogens is 2. The van der Waals surface area contributed by atoms with Crippen LogP contribution in [0, 0.1) is 5.92 Å². The second-order valence-electron chi connectivity index (χ2n) is 3.66. The van der Waals surface area contributed by atoms with Gasteiger partial charge in [0.1, 0.15) is 5.82 Å². The summed E-state index contributed by atoms with van der Waals surface area (Å²) in [5, 5.41) is 0. The molecule has 0 aliphatic rings. The molecule has 0 amide bonds. The third kappa shape index (κ3) is 2.87. The Morgan fingerprint density at radius 1 is 1.64 bits per heavy atom. The molecule has 4 heteroatoms. The summed E-state index contributed by atoms with van der Waals surface area (Å²) in [5.74, 6) is 1.34. The Bertz CT molecular complexity index is 334. The Balaban J connectivity index is 2.69. The summed E-state index contributed by atoms with van der Waals surface area (Å²) in [6.45, 7) is 5.26. The van der Waals surface area contributed by atoms with Gasteiger partial charge in [0.2, 0.25) is 0 Å². The van der Waals surface area contributed by atoms with E-state index in [0.717, 1.165) is 18.8 Å². The van der Waals surface area contributed by atoms with E-state index in [1.54, 1.807) is 0 Å². The summed E-state index contributed by atoms with van der Waals surface area (Å²) in [6, 6.07) is 1.52. The number of nitrogens with one attached hydrogen (secondary N) is 1. The van der Waals surface area contributed by atoms with Crippen LogP contribution in [0.5, 0.6) is 0 Å². The lowest BCUT2D eigenvalue weighted by Gasteiger charge is -2.21. The highest BCUT2D eigenvalue weighted by atomic mass is 16.1. The zero-order valence-electron chi connectivity index (χ0n) is 8.95. The van der Waals surface area contributed by atoms with Crippen molar-refractivity contribution in [3.63, 3.8) is 0 Å². The van der Waals surface area contributed by atoms with Crippen molar-refractivity contribution in [2.45, 2.75) is 20.3 Å². The monoisotopic (exact) mass is 195 g/mol. The zero-order chi connectivity index (χ0) is 10.6. The Morgan fingerprint density at radius 2 is 2.36 bits per heavy atom. The summed E-state index contributed by atoms with van der Waals surface area (Å²) in [6.07, 6.45) is 2.57. The molecule has 1 atom stereocenters. The summed E-state index contributed by atoms with van der Waals surface area (Å²) >= 11 is 0. The number of anilines is 1. The smallest absolute Gasteiger partial charge is 0.252 e. The molecule has 0 radical (unpaired) electrons. The minimum atomic E-state index is -0.106. The van der Waals surface area contributed by atoms with E-state index in [1.807, 2.05) is 11.9 Å². The molecule has 4 nitrogen and oxygen atoms in total. The van der Waals surface area contributed by atoms with Gasteiger partial charge in [-0.15, -0.1) is 0 Å². The van der Waals surface area contributed by atoms with E-state index in [1.165, 1.54) is 12.4 Å². The molecule has 14 heavy (non-hydrogen) atoms. The molecule has 0 bridgehead atoms. The first-order valence-corrected chi connectivity index (χ1v) is 4.89. The van der Waals surface area contributed by atoms with Crippen molar-refractivity contribution in [3.8, 4) is 0 Å². The summed E-state index contributed by atoms with van der Waals surface area (Å²) in [5.41, 5.74) is -0.106. The number of rotatable bonds is 4. The van der Waals surface area contributed by atoms with Gasteiger partial charge >= 0.3 is 0 Å². The number of hydrogen-bond donors (Lipinski definition) is 1. The van der Waals surface area contributed by atoms with Crippen LogP contribution in [0.15, 0.2) is 17.2 Å². The Kier molecular flexibility index (Phi) is 3.68. The maximum atomic E-state index is 11.0. The molecular weight excluding hydrogens is 178 g/mol. The van der Waals surface area contributed by atoms with Gasteiger partial charge in [-0.2, -0.15) is 0 Å². The van der Waals surface area contributed by atoms with Crippen molar-refractivity contribution in [1.82, 2.24) is 9.97 Å². The van der Waals surface area contributed by atoms with Crippen molar-refractivity contribution in [3.05, 3.63) is 22.7 Å². The topological polar surface area (TPSA) is 49.0 Å². The van der Waals surface area contributed by atoms with Crippen molar-refractivity contribution in [2.75, 3.05) is 18.5 Å². The van der Waals surface area contributed by atoms with E-state index in [-0.39, 0.29) is 5.56 Å². The van der Waals surface area contributed by atoms with Gasteiger partial charge in [0.15, 0.2) is 0 Å². The molecule has 0 fully saturated rings. The van der Waals surface area contributed by atoms with Gasteiger partial charge in [-0.1, -0.05) is 20.3 Å². The summed E-state index contributed by atoms with van der Waals surface area (Å²) in [7, 11) is 1.95. The molecule has 1 aromatic rings. The number of nitrogens with zero attached hydrogens (tertiary/aromatic N) is 2. The minimum Gasteiger partial charge on any atom is -0.359 e. The van der Waals surface area contributed by atoms with Crippen LogP contribution in [0.25, 0.3) is 0 Å². The number of H-pyrrole nitrogens is 1. The first-order chi connectivity index (χ1) is 6.63. The third-order valence-electron chi connectivity index (χ3n) is 2.34. The van der Waals surface area contributed by atoms with Crippen molar-refractivity contribution in [2.24, 2.45) is 5.92 Å². The van der Waals surface area contributed by atoms with E-state index >= 15 is 0 Å². The van der Waals surface area contributed by atoms with Crippen LogP contribution in [-0.2, 0) is 0 Å². The predicted molar refractivity (Wildman–Crippen MR) is 57.6 cm³/mol. The van der Waals surface area contributed by atoms with Gasteiger partial charge in [-0.05, 0) is 5.92 Å². The Labute approximate surface area is 84.0 Å². The predicted octanol–water partition coefficient (Wildman–Crippen LogP) is 1.25. The maximum Gasteiger partial charge on any atom is 0.252 e. The second-order valence-corrected chi connectivity index (χ2v) is 3.66. The van der Waals surface area contributed by atoms with E-state index in [9.17, 15) is 4.79 Å². The lowest BCUT2D eigenvalue weighted by Crippen LogP contribution is -2.25. The normalized spacial score (nSPS) is 12.5. The quantitative estimate of drug-likeness (QED) is 0.786. The van der Waals surface area contributed by atoms with Gasteiger partial charge in [0.25, 0.3) is 5.56 Å². The molecule has 0 saturated heterocycles. The lowest BCUT2D eigenvalue weighted by atomic mass is 10.1. The third-order valence-corrected chi connectivity index (χ3v) is 2.34. The molecule has 1 unspecified atom stereocenters. The van der Waals surface area contributed by atoms with Crippen LogP contribution in [0.2, 0.25) is 0 Å². The van der Waals surface area contributed by atoms with Crippen LogP contribution in [-0.4, -0.2) is 23.6 Å². The molecule has 0 spiro atoms. The molecule has 0 aliphatic heterocycles. The maximum absolute atomic E-state index is 11.0. The molecule has 1 N–H and O–H groups in total. The fourth-order valence-corrected chi connectivity index (χ4v) is 1.26. The van der Waals surface area contributed by atoms with E-state index in [2.05, 4.69) is 23.8 Å². The van der Waals surface area contributed by atoms with Crippen LogP contribution in [0.3, 0.4) is 0 Å². The lowest BCUT2D eigenvalue weighted by molar-refractivity contribution is 0.557. The first-order valence-electron chi connectivity index (χ1n) is 4.89. The van der Waals surface area contributed by atoms with Crippen molar-refractivity contribution >= 4 is 5.82 Å². The second kappa shape index (κ2) is 4.79. The van der Waals surface area contributed by atoms with Crippen LogP contribution in [0.4, 0.5) is 5.82 Å². The van der Waals surface area contributed by atoms with Gasteiger partial charge < -0.3 is 9.88 Å². The van der Waals surface area contributed by atoms with E-state index in [0.29, 0.717) is 5.92 Å². The van der Waals surface area contributed by atoms with Crippen molar-refractivity contribution in [1.29, 1.82) is 0 Å². The van der Waals surface area contributed by atoms with Crippen LogP contribution >= 0.6 is 0 Å². The average Bonchev–Trinajstić information content (AvgIpc) is 2.17. The number of aromatic amines is 1. The molecule has 0 aliphatic carbocycles. The van der Waals surface area contributed by atoms with Crippen LogP contribution in [0.1, 0.15) is 20.3 Å². The highest BCUT2D eigenvalue weighted by molar-refractivity contribution is 5.34. The van der Waals surface area contributed by atoms with Gasteiger partial charge in [-0.25, -0.2) is 4.98 Å². The average molecular weight is 195 g/mol. The zero-order valence-corrected chi connectivity index (χ0v) is 8.95. The molecule has 0 saturated carbocycles. The number of hydrogen-bond acceptors (Lipinski definition) is 3. The van der Waals surface area contributed by atoms with Gasteiger partial charge in [-0.3, -0.25) is 4.79 Å². The highest BCUT2D eigenvalue weighted by Gasteiger charge is 2.06. The molecule has 1 heterocycles. The molecule has 0 aromatic carbocycles. The summed E-state index contributed by atoms with van der Waals surface area (Å²) < 4.78 is 0. The van der Waals surface area contributed by atoms with E-state index < -0.39 is 0 Å².